The summed E-state index contributed by atoms with van der Waals surface area (Å²) < 4.78 is 36.0. The van der Waals surface area contributed by atoms with E-state index in [0.717, 1.165) is 22.4 Å². The quantitative estimate of drug-likeness (QED) is 0.256. The summed E-state index contributed by atoms with van der Waals surface area (Å²) >= 11 is 0. The molecule has 2 aliphatic rings. The highest BCUT2D eigenvalue weighted by Gasteiger charge is 2.42. The van der Waals surface area contributed by atoms with E-state index in [1.807, 2.05) is 43.0 Å². The zero-order valence-corrected chi connectivity index (χ0v) is 28.9. The molecule has 0 aliphatic carbocycles. The molecule has 6 heterocycles. The maximum atomic E-state index is 14.5. The number of likely N-dealkylation sites (N-methyl/N-ethyl adjacent to an activating group) is 1. The van der Waals surface area contributed by atoms with Gasteiger partial charge < -0.3 is 28.6 Å². The third-order valence-corrected chi connectivity index (χ3v) is 9.49. The minimum absolute atomic E-state index is 0.111. The summed E-state index contributed by atoms with van der Waals surface area (Å²) in [6.45, 7) is 7.34. The maximum Gasteiger partial charge on any atom is 0.317 e. The summed E-state index contributed by atoms with van der Waals surface area (Å²) in [5, 5.41) is 5.23. The molecule has 2 aliphatic heterocycles. The van der Waals surface area contributed by atoms with Gasteiger partial charge in [0, 0.05) is 44.4 Å². The number of nitrogens with zero attached hydrogens (tertiary/aromatic N) is 10. The Bertz CT molecular complexity index is 2290. The van der Waals surface area contributed by atoms with E-state index in [1.54, 1.807) is 42.0 Å². The smallest absolute Gasteiger partial charge is 0.317 e. The second-order valence-electron chi connectivity index (χ2n) is 12.8. The molecule has 3 atom stereocenters. The number of methoxy groups -OCH3 is 1. The number of aromatic nitrogens is 8. The third kappa shape index (κ3) is 5.76. The normalized spacial score (nSPS) is 19.3. The highest BCUT2D eigenvalue weighted by molar-refractivity contribution is 5.93. The van der Waals surface area contributed by atoms with Crippen molar-refractivity contribution in [2.75, 3.05) is 38.8 Å². The van der Waals surface area contributed by atoms with Gasteiger partial charge in [-0.1, -0.05) is 12.1 Å². The first-order valence-electron chi connectivity index (χ1n) is 16.9. The highest BCUT2D eigenvalue weighted by Crippen LogP contribution is 2.36. The standard InChI is InChI=1S/C36H37FN10O4/c1-6-50-24-17-44(4)35(48)30-15-23(51-36-38-13-12-27(43-36)25-8-7-9-28-32(25)45(19-24)21(3)42-28)18-46(30)33-26-16-39-47(34(26)41-20(2)40-33)29-11-10-22(37)14-31(29)49-5/h7-14,16,23-24,30H,6,15,17-19H2,1-5H3/t23-,24+,30-/m0/s1. The molecule has 1 fully saturated rings. The first-order valence-corrected chi connectivity index (χ1v) is 16.9. The second-order valence-corrected chi connectivity index (χ2v) is 12.8. The number of hydrogen-bond donors (Lipinski definition) is 0. The number of hydrogen-bond acceptors (Lipinski definition) is 11. The molecule has 51 heavy (non-hydrogen) atoms. The van der Waals surface area contributed by atoms with Gasteiger partial charge in [0.2, 0.25) is 5.91 Å². The number of imidazole rings is 1. The van der Waals surface area contributed by atoms with Gasteiger partial charge in [-0.25, -0.2) is 29.0 Å². The van der Waals surface area contributed by atoms with Gasteiger partial charge in [0.1, 0.15) is 46.9 Å². The van der Waals surface area contributed by atoms with Crippen LogP contribution in [0.1, 0.15) is 25.0 Å². The minimum Gasteiger partial charge on any atom is -0.494 e. The van der Waals surface area contributed by atoms with E-state index in [4.69, 9.17) is 34.1 Å². The monoisotopic (exact) mass is 692 g/mol. The second kappa shape index (κ2) is 12.9. The van der Waals surface area contributed by atoms with Crippen molar-refractivity contribution in [3.05, 3.63) is 72.3 Å². The first-order chi connectivity index (χ1) is 24.7. The van der Waals surface area contributed by atoms with Gasteiger partial charge >= 0.3 is 6.01 Å². The van der Waals surface area contributed by atoms with Crippen LogP contribution in [0.5, 0.6) is 11.8 Å². The average molecular weight is 693 g/mol. The van der Waals surface area contributed by atoms with E-state index < -0.39 is 18.0 Å². The van der Waals surface area contributed by atoms with E-state index in [2.05, 4.69) is 14.6 Å². The number of fused-ring (bicyclic) bond motifs is 6. The molecule has 14 nitrogen and oxygen atoms in total. The molecule has 0 spiro atoms. The molecule has 0 unspecified atom stereocenters. The van der Waals surface area contributed by atoms with Gasteiger partial charge in [0.15, 0.2) is 5.65 Å². The van der Waals surface area contributed by atoms with Crippen molar-refractivity contribution >= 4 is 33.8 Å². The number of amides is 1. The number of anilines is 1. The predicted octanol–water partition coefficient (Wildman–Crippen LogP) is 4.29. The fourth-order valence-electron chi connectivity index (χ4n) is 7.25. The van der Waals surface area contributed by atoms with Gasteiger partial charge in [-0.2, -0.15) is 10.1 Å². The number of rotatable bonds is 5. The van der Waals surface area contributed by atoms with Gasteiger partial charge in [-0.15, -0.1) is 0 Å². The lowest BCUT2D eigenvalue weighted by atomic mass is 10.1. The van der Waals surface area contributed by atoms with Crippen LogP contribution in [0.25, 0.3) is 39.0 Å². The number of carbonyl (C=O) groups excluding carboxylic acids is 1. The molecule has 8 rings (SSSR count). The topological polar surface area (TPSA) is 138 Å². The van der Waals surface area contributed by atoms with Crippen LogP contribution in [0.3, 0.4) is 0 Å². The van der Waals surface area contributed by atoms with Crippen LogP contribution in [-0.2, 0) is 16.1 Å². The third-order valence-electron chi connectivity index (χ3n) is 9.49. The lowest BCUT2D eigenvalue weighted by Crippen LogP contribution is -2.47. The van der Waals surface area contributed by atoms with Gasteiger partial charge in [0.25, 0.3) is 0 Å². The lowest BCUT2D eigenvalue weighted by molar-refractivity contribution is -0.133. The zero-order chi connectivity index (χ0) is 35.4. The van der Waals surface area contributed by atoms with Gasteiger partial charge in [-0.3, -0.25) is 4.79 Å². The van der Waals surface area contributed by atoms with E-state index in [1.165, 1.54) is 19.2 Å². The number of halogens is 1. The molecule has 0 radical (unpaired) electrons. The van der Waals surface area contributed by atoms with Gasteiger partial charge in [0.05, 0.1) is 54.6 Å². The Morgan fingerprint density at radius 2 is 1.90 bits per heavy atom. The Morgan fingerprint density at radius 1 is 1.04 bits per heavy atom. The van der Waals surface area contributed by atoms with E-state index in [0.29, 0.717) is 72.5 Å². The number of carbonyl (C=O) groups is 1. The number of ether oxygens (including phenoxy) is 3. The molecule has 0 N–H and O–H groups in total. The largest absolute Gasteiger partial charge is 0.494 e. The lowest BCUT2D eigenvalue weighted by Gasteiger charge is -2.31. The van der Waals surface area contributed by atoms with Crippen molar-refractivity contribution in [3.8, 4) is 28.7 Å². The summed E-state index contributed by atoms with van der Waals surface area (Å²) in [6, 6.07) is 11.6. The molecule has 1 amide bonds. The van der Waals surface area contributed by atoms with E-state index in [9.17, 15) is 9.18 Å². The molecule has 0 saturated carbocycles. The van der Waals surface area contributed by atoms with Crippen molar-refractivity contribution in [2.24, 2.45) is 0 Å². The van der Waals surface area contributed by atoms with Crippen LogP contribution >= 0.6 is 0 Å². The fraction of sp³-hybridized carbons (Fsp3) is 0.361. The Hall–Kier alpha value is -5.70. The molecule has 4 bridgehead atoms. The Balaban J connectivity index is 1.23. The van der Waals surface area contributed by atoms with Crippen LogP contribution in [0, 0.1) is 19.7 Å². The number of para-hydroxylation sites is 1. The Labute approximate surface area is 292 Å². The summed E-state index contributed by atoms with van der Waals surface area (Å²) in [6.07, 6.45) is 2.93. The van der Waals surface area contributed by atoms with Crippen LogP contribution in [0.15, 0.2) is 54.9 Å². The number of benzene rings is 2. The summed E-state index contributed by atoms with van der Waals surface area (Å²) in [5.41, 5.74) is 4.38. The molecule has 6 aromatic rings. The molecule has 262 valence electrons. The molecular weight excluding hydrogens is 655 g/mol. The predicted molar refractivity (Wildman–Crippen MR) is 187 cm³/mol. The van der Waals surface area contributed by atoms with E-state index >= 15 is 0 Å². The average Bonchev–Trinajstić information content (AvgIpc) is 3.82. The Kier molecular flexibility index (Phi) is 8.21. The SMILES string of the molecule is CCO[C@@H]1CN(C)C(=O)[C@@H]2C[C@@H](CN2c2nc(C)nc3c2cnn3-c2ccc(F)cc2OC)Oc2nccc(n2)-c2cccc3nc(C)n(c23)C1. The maximum absolute atomic E-state index is 14.5. The molecule has 2 aromatic carbocycles. The zero-order valence-electron chi connectivity index (χ0n) is 28.9. The molecule has 1 saturated heterocycles. The molecular formula is C36H37FN10O4. The highest BCUT2D eigenvalue weighted by atomic mass is 19.1. The molecule has 4 aromatic heterocycles. The van der Waals surface area contributed by atoms with Crippen molar-refractivity contribution in [1.82, 2.24) is 44.2 Å². The van der Waals surface area contributed by atoms with Crippen LogP contribution in [-0.4, -0.2) is 102 Å². The van der Waals surface area contributed by atoms with E-state index in [-0.39, 0.29) is 18.0 Å². The van der Waals surface area contributed by atoms with Crippen molar-refractivity contribution in [3.63, 3.8) is 0 Å². The summed E-state index contributed by atoms with van der Waals surface area (Å²) in [7, 11) is 3.27. The minimum atomic E-state index is -0.643. The van der Waals surface area contributed by atoms with Crippen LogP contribution in [0.2, 0.25) is 0 Å². The van der Waals surface area contributed by atoms with Crippen LogP contribution < -0.4 is 14.4 Å². The van der Waals surface area contributed by atoms with Crippen LogP contribution in [0.4, 0.5) is 10.2 Å². The summed E-state index contributed by atoms with van der Waals surface area (Å²) in [4.78, 5) is 41.9. The van der Waals surface area contributed by atoms with Crippen molar-refractivity contribution in [1.29, 1.82) is 0 Å². The fourth-order valence-corrected chi connectivity index (χ4v) is 7.25. The van der Waals surface area contributed by atoms with Gasteiger partial charge in [-0.05, 0) is 45.0 Å². The summed E-state index contributed by atoms with van der Waals surface area (Å²) in [5.74, 6) is 1.59. The van der Waals surface area contributed by atoms with Crippen molar-refractivity contribution < 1.29 is 23.4 Å². The molecule has 15 heteroatoms. The Morgan fingerprint density at radius 3 is 2.73 bits per heavy atom. The first kappa shape index (κ1) is 32.5. The number of aryl methyl sites for hydroxylation is 2. The van der Waals surface area contributed by atoms with Crippen molar-refractivity contribution in [2.45, 2.75) is 52.0 Å².